The Balaban J connectivity index is 1.25. The van der Waals surface area contributed by atoms with Crippen LogP contribution in [-0.2, 0) is 4.79 Å². The molecular formula is C23H25N5O2. The Morgan fingerprint density at radius 2 is 1.47 bits per heavy atom. The van der Waals surface area contributed by atoms with Gasteiger partial charge in [-0.15, -0.1) is 0 Å². The summed E-state index contributed by atoms with van der Waals surface area (Å²) in [6, 6.07) is 21.0. The Morgan fingerprint density at radius 3 is 2.20 bits per heavy atom. The summed E-state index contributed by atoms with van der Waals surface area (Å²) in [6.07, 6.45) is 3.93. The minimum absolute atomic E-state index is 0.0408. The SMILES string of the molecule is O=C(CN1CCN(C(=O)Nc2cccc(-n3cccc3)c2)CC1)Nc1ccccc1. The largest absolute Gasteiger partial charge is 0.325 e. The van der Waals surface area contributed by atoms with E-state index in [2.05, 4.69) is 15.5 Å². The smallest absolute Gasteiger partial charge is 0.321 e. The molecule has 2 N–H and O–H groups in total. The molecule has 1 aliphatic rings. The van der Waals surface area contributed by atoms with E-state index >= 15 is 0 Å². The van der Waals surface area contributed by atoms with Crippen LogP contribution in [0.2, 0.25) is 0 Å². The average molecular weight is 403 g/mol. The van der Waals surface area contributed by atoms with Gasteiger partial charge in [0, 0.05) is 55.6 Å². The van der Waals surface area contributed by atoms with E-state index in [1.54, 1.807) is 4.90 Å². The molecule has 2 aromatic carbocycles. The quantitative estimate of drug-likeness (QED) is 0.687. The van der Waals surface area contributed by atoms with Gasteiger partial charge in [0.05, 0.1) is 6.54 Å². The van der Waals surface area contributed by atoms with Crippen LogP contribution < -0.4 is 10.6 Å². The summed E-state index contributed by atoms with van der Waals surface area (Å²) < 4.78 is 1.99. The molecule has 154 valence electrons. The van der Waals surface area contributed by atoms with Crippen molar-refractivity contribution in [3.8, 4) is 5.69 Å². The number of hydrogen-bond donors (Lipinski definition) is 2. The Bertz CT molecular complexity index is 980. The maximum absolute atomic E-state index is 12.6. The molecule has 0 atom stereocenters. The van der Waals surface area contributed by atoms with Crippen LogP contribution >= 0.6 is 0 Å². The minimum atomic E-state index is -0.118. The van der Waals surface area contributed by atoms with Crippen molar-refractivity contribution < 1.29 is 9.59 Å². The van der Waals surface area contributed by atoms with E-state index in [9.17, 15) is 9.59 Å². The molecule has 2 heterocycles. The molecule has 7 heteroatoms. The molecule has 0 radical (unpaired) electrons. The van der Waals surface area contributed by atoms with Gasteiger partial charge >= 0.3 is 6.03 Å². The molecule has 1 aromatic heterocycles. The molecule has 0 unspecified atom stereocenters. The van der Waals surface area contributed by atoms with Crippen LogP contribution in [0, 0.1) is 0 Å². The number of rotatable bonds is 5. The van der Waals surface area contributed by atoms with Gasteiger partial charge in [0.2, 0.25) is 5.91 Å². The highest BCUT2D eigenvalue weighted by atomic mass is 16.2. The number of carbonyl (C=O) groups is 2. The molecule has 7 nitrogen and oxygen atoms in total. The first-order valence-electron chi connectivity index (χ1n) is 10.0. The standard InChI is InChI=1S/C23H25N5O2/c29-22(24-19-7-2-1-3-8-19)18-26-13-15-28(16-14-26)23(30)25-20-9-6-10-21(17-20)27-11-4-5-12-27/h1-12,17H,13-16,18H2,(H,24,29)(H,25,30). The fourth-order valence-corrected chi connectivity index (χ4v) is 3.49. The maximum Gasteiger partial charge on any atom is 0.321 e. The first-order chi connectivity index (χ1) is 14.7. The number of amides is 3. The third kappa shape index (κ3) is 5.07. The lowest BCUT2D eigenvalue weighted by Crippen LogP contribution is -2.51. The number of carbonyl (C=O) groups excluding carboxylic acids is 2. The van der Waals surface area contributed by atoms with Crippen molar-refractivity contribution in [2.75, 3.05) is 43.4 Å². The van der Waals surface area contributed by atoms with E-state index in [-0.39, 0.29) is 11.9 Å². The number of aromatic nitrogens is 1. The van der Waals surface area contributed by atoms with Crippen molar-refractivity contribution in [2.45, 2.75) is 0 Å². The zero-order valence-electron chi connectivity index (χ0n) is 16.7. The Labute approximate surface area is 175 Å². The Hall–Kier alpha value is -3.58. The van der Waals surface area contributed by atoms with Crippen LogP contribution in [0.15, 0.2) is 79.1 Å². The van der Waals surface area contributed by atoms with Crippen molar-refractivity contribution in [1.82, 2.24) is 14.4 Å². The average Bonchev–Trinajstić information content (AvgIpc) is 3.30. The van der Waals surface area contributed by atoms with Gasteiger partial charge in [0.1, 0.15) is 0 Å². The molecule has 1 fully saturated rings. The lowest BCUT2D eigenvalue weighted by atomic mass is 10.2. The first-order valence-corrected chi connectivity index (χ1v) is 10.0. The number of piperazine rings is 1. The topological polar surface area (TPSA) is 69.6 Å². The van der Waals surface area contributed by atoms with Crippen molar-refractivity contribution >= 4 is 23.3 Å². The van der Waals surface area contributed by atoms with Gasteiger partial charge in [-0.2, -0.15) is 0 Å². The predicted octanol–water partition coefficient (Wildman–Crippen LogP) is 3.27. The van der Waals surface area contributed by atoms with Gasteiger partial charge < -0.3 is 20.1 Å². The second kappa shape index (κ2) is 9.28. The zero-order chi connectivity index (χ0) is 20.8. The molecule has 3 amide bonds. The molecule has 0 bridgehead atoms. The van der Waals surface area contributed by atoms with Crippen LogP contribution in [0.3, 0.4) is 0 Å². The third-order valence-electron chi connectivity index (χ3n) is 5.08. The maximum atomic E-state index is 12.6. The van der Waals surface area contributed by atoms with Gasteiger partial charge in [-0.3, -0.25) is 9.69 Å². The summed E-state index contributed by atoms with van der Waals surface area (Å²) in [7, 11) is 0. The number of nitrogens with zero attached hydrogens (tertiary/aromatic N) is 3. The van der Waals surface area contributed by atoms with Gasteiger partial charge in [0.15, 0.2) is 0 Å². The number of para-hydroxylation sites is 1. The Kier molecular flexibility index (Phi) is 6.10. The fraction of sp³-hybridized carbons (Fsp3) is 0.217. The van der Waals surface area contributed by atoms with Crippen molar-refractivity contribution in [3.63, 3.8) is 0 Å². The molecule has 30 heavy (non-hydrogen) atoms. The molecule has 1 saturated heterocycles. The monoisotopic (exact) mass is 403 g/mol. The summed E-state index contributed by atoms with van der Waals surface area (Å²) >= 11 is 0. The highest BCUT2D eigenvalue weighted by Crippen LogP contribution is 2.16. The van der Waals surface area contributed by atoms with Gasteiger partial charge in [-0.1, -0.05) is 24.3 Å². The highest BCUT2D eigenvalue weighted by molar-refractivity contribution is 5.92. The number of urea groups is 1. The molecule has 0 aliphatic carbocycles. The normalized spacial score (nSPS) is 14.3. The summed E-state index contributed by atoms with van der Waals surface area (Å²) in [5, 5.41) is 5.88. The molecule has 0 spiro atoms. The fourth-order valence-electron chi connectivity index (χ4n) is 3.49. The van der Waals surface area contributed by atoms with Gasteiger partial charge in [-0.25, -0.2) is 4.79 Å². The van der Waals surface area contributed by atoms with E-state index in [1.807, 2.05) is 83.7 Å². The minimum Gasteiger partial charge on any atom is -0.325 e. The molecular weight excluding hydrogens is 378 g/mol. The second-order valence-corrected chi connectivity index (χ2v) is 7.25. The third-order valence-corrected chi connectivity index (χ3v) is 5.08. The second-order valence-electron chi connectivity index (χ2n) is 7.25. The van der Waals surface area contributed by atoms with E-state index < -0.39 is 0 Å². The molecule has 3 aromatic rings. The van der Waals surface area contributed by atoms with E-state index in [0.29, 0.717) is 32.7 Å². The number of benzene rings is 2. The van der Waals surface area contributed by atoms with Crippen LogP contribution in [0.1, 0.15) is 0 Å². The van der Waals surface area contributed by atoms with Crippen LogP contribution in [-0.4, -0.2) is 59.0 Å². The number of nitrogens with one attached hydrogen (secondary N) is 2. The highest BCUT2D eigenvalue weighted by Gasteiger charge is 2.22. The molecule has 0 saturated carbocycles. The lowest BCUT2D eigenvalue weighted by Gasteiger charge is -2.34. The van der Waals surface area contributed by atoms with Crippen molar-refractivity contribution in [2.24, 2.45) is 0 Å². The number of hydrogen-bond acceptors (Lipinski definition) is 3. The summed E-state index contributed by atoms with van der Waals surface area (Å²) in [5.74, 6) is -0.0408. The lowest BCUT2D eigenvalue weighted by molar-refractivity contribution is -0.117. The number of anilines is 2. The summed E-state index contributed by atoms with van der Waals surface area (Å²) in [6.45, 7) is 2.82. The van der Waals surface area contributed by atoms with Gasteiger partial charge in [0.25, 0.3) is 0 Å². The van der Waals surface area contributed by atoms with Crippen LogP contribution in [0.4, 0.5) is 16.2 Å². The summed E-state index contributed by atoms with van der Waals surface area (Å²) in [5.41, 5.74) is 2.55. The van der Waals surface area contributed by atoms with E-state index in [4.69, 9.17) is 0 Å². The van der Waals surface area contributed by atoms with Crippen molar-refractivity contribution in [1.29, 1.82) is 0 Å². The van der Waals surface area contributed by atoms with Crippen molar-refractivity contribution in [3.05, 3.63) is 79.1 Å². The predicted molar refractivity (Wildman–Crippen MR) is 118 cm³/mol. The van der Waals surface area contributed by atoms with Crippen LogP contribution in [0.5, 0.6) is 0 Å². The molecule has 4 rings (SSSR count). The van der Waals surface area contributed by atoms with E-state index in [0.717, 1.165) is 17.1 Å². The van der Waals surface area contributed by atoms with Crippen LogP contribution in [0.25, 0.3) is 5.69 Å². The van der Waals surface area contributed by atoms with Gasteiger partial charge in [-0.05, 0) is 42.5 Å². The summed E-state index contributed by atoms with van der Waals surface area (Å²) in [4.78, 5) is 28.7. The zero-order valence-corrected chi connectivity index (χ0v) is 16.7. The molecule has 1 aliphatic heterocycles. The first kappa shape index (κ1) is 19.7. The van der Waals surface area contributed by atoms with E-state index in [1.165, 1.54) is 0 Å². The Morgan fingerprint density at radius 1 is 0.767 bits per heavy atom.